The number of hydrogen-bond donors (Lipinski definition) is 0. The SMILES string of the molecule is COCCc1nsc(Oc2cccnc2Br)n1. The first-order valence-electron chi connectivity index (χ1n) is 4.89. The lowest BCUT2D eigenvalue weighted by Gasteiger charge is -2.01. The number of halogens is 1. The molecule has 0 amide bonds. The van der Waals surface area contributed by atoms with Gasteiger partial charge in [-0.2, -0.15) is 9.36 Å². The van der Waals surface area contributed by atoms with Crippen LogP contribution in [-0.4, -0.2) is 28.1 Å². The van der Waals surface area contributed by atoms with E-state index in [1.165, 1.54) is 11.5 Å². The van der Waals surface area contributed by atoms with Gasteiger partial charge in [0.2, 0.25) is 0 Å². The van der Waals surface area contributed by atoms with Crippen LogP contribution in [0.1, 0.15) is 5.82 Å². The normalized spacial score (nSPS) is 10.5. The molecule has 0 aliphatic rings. The van der Waals surface area contributed by atoms with Crippen LogP contribution in [0.2, 0.25) is 0 Å². The third-order valence-electron chi connectivity index (χ3n) is 1.90. The fraction of sp³-hybridized carbons (Fsp3) is 0.300. The van der Waals surface area contributed by atoms with Gasteiger partial charge in [0.05, 0.1) is 6.61 Å². The van der Waals surface area contributed by atoms with E-state index < -0.39 is 0 Å². The van der Waals surface area contributed by atoms with Crippen LogP contribution in [0.4, 0.5) is 0 Å². The summed E-state index contributed by atoms with van der Waals surface area (Å²) in [6, 6.07) is 3.61. The van der Waals surface area contributed by atoms with Crippen LogP contribution in [0.3, 0.4) is 0 Å². The molecular weight excluding hydrogens is 306 g/mol. The first-order chi connectivity index (χ1) is 8.29. The molecule has 0 fully saturated rings. The van der Waals surface area contributed by atoms with Gasteiger partial charge in [0, 0.05) is 31.3 Å². The Bertz CT molecular complexity index is 492. The number of ether oxygens (including phenoxy) is 2. The van der Waals surface area contributed by atoms with E-state index in [1.54, 1.807) is 19.4 Å². The van der Waals surface area contributed by atoms with Crippen LogP contribution < -0.4 is 4.74 Å². The van der Waals surface area contributed by atoms with Crippen molar-refractivity contribution in [2.24, 2.45) is 0 Å². The van der Waals surface area contributed by atoms with Gasteiger partial charge in [0.25, 0.3) is 5.19 Å². The summed E-state index contributed by atoms with van der Waals surface area (Å²) in [6.07, 6.45) is 2.37. The third-order valence-corrected chi connectivity index (χ3v) is 3.13. The van der Waals surface area contributed by atoms with E-state index in [9.17, 15) is 0 Å². The lowest BCUT2D eigenvalue weighted by Crippen LogP contribution is -1.96. The number of hydrogen-bond acceptors (Lipinski definition) is 6. The predicted octanol–water partition coefficient (Wildman–Crippen LogP) is 2.68. The summed E-state index contributed by atoms with van der Waals surface area (Å²) in [4.78, 5) is 8.30. The molecule has 0 bridgehead atoms. The summed E-state index contributed by atoms with van der Waals surface area (Å²) < 4.78 is 15.3. The zero-order valence-electron chi connectivity index (χ0n) is 9.09. The van der Waals surface area contributed by atoms with Crippen molar-refractivity contribution in [3.8, 4) is 10.9 Å². The van der Waals surface area contributed by atoms with Gasteiger partial charge in [-0.3, -0.25) is 0 Å². The third kappa shape index (κ3) is 3.45. The summed E-state index contributed by atoms with van der Waals surface area (Å²) in [5.74, 6) is 1.36. The van der Waals surface area contributed by atoms with Crippen molar-refractivity contribution >= 4 is 27.5 Å². The molecule has 0 aliphatic carbocycles. The van der Waals surface area contributed by atoms with Gasteiger partial charge in [-0.15, -0.1) is 0 Å². The monoisotopic (exact) mass is 315 g/mol. The van der Waals surface area contributed by atoms with Crippen LogP contribution in [0.15, 0.2) is 22.9 Å². The maximum atomic E-state index is 5.56. The number of nitrogens with zero attached hydrogens (tertiary/aromatic N) is 3. The van der Waals surface area contributed by atoms with E-state index in [0.717, 1.165) is 5.82 Å². The maximum absolute atomic E-state index is 5.56. The van der Waals surface area contributed by atoms with Crippen LogP contribution in [0.25, 0.3) is 0 Å². The molecule has 0 N–H and O–H groups in total. The van der Waals surface area contributed by atoms with E-state index in [-0.39, 0.29) is 0 Å². The molecule has 90 valence electrons. The van der Waals surface area contributed by atoms with Gasteiger partial charge >= 0.3 is 0 Å². The van der Waals surface area contributed by atoms with Crippen molar-refractivity contribution in [2.75, 3.05) is 13.7 Å². The second-order valence-electron chi connectivity index (χ2n) is 3.11. The highest BCUT2D eigenvalue weighted by Crippen LogP contribution is 2.28. The number of methoxy groups -OCH3 is 1. The maximum Gasteiger partial charge on any atom is 0.298 e. The van der Waals surface area contributed by atoms with Crippen molar-refractivity contribution in [1.82, 2.24) is 14.3 Å². The minimum Gasteiger partial charge on any atom is -0.427 e. The van der Waals surface area contributed by atoms with Crippen molar-refractivity contribution in [3.05, 3.63) is 28.8 Å². The smallest absolute Gasteiger partial charge is 0.298 e. The van der Waals surface area contributed by atoms with E-state index in [0.29, 0.717) is 28.6 Å². The first-order valence-corrected chi connectivity index (χ1v) is 6.46. The molecule has 17 heavy (non-hydrogen) atoms. The lowest BCUT2D eigenvalue weighted by molar-refractivity contribution is 0.200. The molecule has 0 unspecified atom stereocenters. The molecule has 0 atom stereocenters. The molecule has 2 heterocycles. The van der Waals surface area contributed by atoms with Crippen LogP contribution in [0, 0.1) is 0 Å². The lowest BCUT2D eigenvalue weighted by atomic mass is 10.4. The average Bonchev–Trinajstić information content (AvgIpc) is 2.77. The summed E-state index contributed by atoms with van der Waals surface area (Å²) in [6.45, 7) is 0.604. The zero-order valence-corrected chi connectivity index (χ0v) is 11.5. The molecule has 0 saturated carbocycles. The van der Waals surface area contributed by atoms with E-state index in [1.807, 2.05) is 6.07 Å². The van der Waals surface area contributed by atoms with Crippen molar-refractivity contribution < 1.29 is 9.47 Å². The topological polar surface area (TPSA) is 57.1 Å². The highest BCUT2D eigenvalue weighted by atomic mass is 79.9. The molecule has 7 heteroatoms. The van der Waals surface area contributed by atoms with Crippen molar-refractivity contribution in [3.63, 3.8) is 0 Å². The van der Waals surface area contributed by atoms with Gasteiger partial charge in [-0.05, 0) is 28.1 Å². The van der Waals surface area contributed by atoms with Gasteiger partial charge < -0.3 is 9.47 Å². The molecule has 0 saturated heterocycles. The van der Waals surface area contributed by atoms with Gasteiger partial charge in [0.1, 0.15) is 10.4 Å². The van der Waals surface area contributed by atoms with E-state index >= 15 is 0 Å². The molecule has 2 aromatic heterocycles. The highest BCUT2D eigenvalue weighted by Gasteiger charge is 2.08. The van der Waals surface area contributed by atoms with Gasteiger partial charge in [0.15, 0.2) is 5.75 Å². The molecule has 0 aliphatic heterocycles. The van der Waals surface area contributed by atoms with Crippen LogP contribution >= 0.6 is 27.5 Å². The average molecular weight is 316 g/mol. The fourth-order valence-corrected chi connectivity index (χ4v) is 2.04. The van der Waals surface area contributed by atoms with Crippen molar-refractivity contribution in [2.45, 2.75) is 6.42 Å². The van der Waals surface area contributed by atoms with E-state index in [4.69, 9.17) is 9.47 Å². The summed E-state index contributed by atoms with van der Waals surface area (Å²) in [5.41, 5.74) is 0. The second-order valence-corrected chi connectivity index (χ2v) is 4.58. The highest BCUT2D eigenvalue weighted by molar-refractivity contribution is 9.10. The zero-order chi connectivity index (χ0) is 12.1. The number of aromatic nitrogens is 3. The Hall–Kier alpha value is -1.05. The minimum atomic E-state index is 0.504. The Morgan fingerprint density at radius 2 is 2.35 bits per heavy atom. The van der Waals surface area contributed by atoms with Crippen LogP contribution in [-0.2, 0) is 11.2 Å². The number of pyridine rings is 1. The van der Waals surface area contributed by atoms with Crippen LogP contribution in [0.5, 0.6) is 10.9 Å². The molecular formula is C10H10BrN3O2S. The molecule has 0 aromatic carbocycles. The molecule has 2 rings (SSSR count). The Balaban J connectivity index is 2.04. The predicted molar refractivity (Wildman–Crippen MR) is 67.5 cm³/mol. The Morgan fingerprint density at radius 1 is 1.47 bits per heavy atom. The van der Waals surface area contributed by atoms with Gasteiger partial charge in [-0.1, -0.05) is 0 Å². The summed E-state index contributed by atoms with van der Waals surface area (Å²) in [5, 5.41) is 0.504. The summed E-state index contributed by atoms with van der Waals surface area (Å²) >= 11 is 4.52. The summed E-state index contributed by atoms with van der Waals surface area (Å²) in [7, 11) is 1.65. The molecule has 0 radical (unpaired) electrons. The Labute approximate surface area is 111 Å². The van der Waals surface area contributed by atoms with E-state index in [2.05, 4.69) is 30.3 Å². The second kappa shape index (κ2) is 6.04. The Morgan fingerprint density at radius 3 is 3.12 bits per heavy atom. The fourth-order valence-electron chi connectivity index (χ4n) is 1.12. The standard InChI is InChI=1S/C10H10BrN3O2S/c1-15-6-4-8-13-10(17-14-8)16-7-3-2-5-12-9(7)11/h2-3,5H,4,6H2,1H3. The minimum absolute atomic E-state index is 0.504. The quantitative estimate of drug-likeness (QED) is 0.794. The van der Waals surface area contributed by atoms with Gasteiger partial charge in [-0.25, -0.2) is 4.98 Å². The molecule has 0 spiro atoms. The molecule has 5 nitrogen and oxygen atoms in total. The Kier molecular flexibility index (Phi) is 4.41. The van der Waals surface area contributed by atoms with Crippen molar-refractivity contribution in [1.29, 1.82) is 0 Å². The molecule has 2 aromatic rings. The number of rotatable bonds is 5. The largest absolute Gasteiger partial charge is 0.427 e. The first kappa shape index (κ1) is 12.4.